The highest BCUT2D eigenvalue weighted by Gasteiger charge is 2.18. The maximum absolute atomic E-state index is 10.7. The van der Waals surface area contributed by atoms with Crippen molar-refractivity contribution in [3.8, 4) is 0 Å². The Morgan fingerprint density at radius 3 is 2.37 bits per heavy atom. The average Bonchev–Trinajstić information content (AvgIpc) is 2.40. The quantitative estimate of drug-likeness (QED) is 0.407. The van der Waals surface area contributed by atoms with Crippen LogP contribution >= 0.6 is 0 Å². The number of hydrogen-bond donors (Lipinski definition) is 0. The van der Waals surface area contributed by atoms with Crippen molar-refractivity contribution in [1.29, 1.82) is 0 Å². The van der Waals surface area contributed by atoms with Crippen molar-refractivity contribution < 1.29 is 9.72 Å². The second kappa shape index (κ2) is 4.17. The summed E-state index contributed by atoms with van der Waals surface area (Å²) in [5.74, 6) is 0. The molecule has 0 saturated heterocycles. The van der Waals surface area contributed by atoms with Crippen LogP contribution in [0.2, 0.25) is 0 Å². The van der Waals surface area contributed by atoms with E-state index in [0.717, 1.165) is 28.5 Å². The molecule has 1 aliphatic carbocycles. The van der Waals surface area contributed by atoms with Crippen LogP contribution in [0.5, 0.6) is 0 Å². The molecule has 1 aliphatic rings. The molecular formula is C15H9NO3. The maximum Gasteiger partial charge on any atom is 0.269 e. The molecule has 4 heteroatoms. The largest absolute Gasteiger partial charge is 0.298 e. The van der Waals surface area contributed by atoms with E-state index >= 15 is 0 Å². The molecule has 4 nitrogen and oxygen atoms in total. The molecular weight excluding hydrogens is 242 g/mol. The smallest absolute Gasteiger partial charge is 0.269 e. The van der Waals surface area contributed by atoms with Crippen LogP contribution in [0.25, 0.3) is 11.6 Å². The van der Waals surface area contributed by atoms with Crippen LogP contribution in [-0.2, 0) is 0 Å². The Labute approximate surface area is 109 Å². The molecule has 0 bridgehead atoms. The van der Waals surface area contributed by atoms with Gasteiger partial charge in [-0.3, -0.25) is 14.9 Å². The molecule has 0 heterocycles. The van der Waals surface area contributed by atoms with Crippen molar-refractivity contribution in [3.05, 3.63) is 74.8 Å². The Balaban J connectivity index is 1.93. The number of nitro benzene ring substituents is 1. The fourth-order valence-electron chi connectivity index (χ4n) is 2.18. The zero-order valence-corrected chi connectivity index (χ0v) is 9.87. The number of carbonyl (C=O) groups excluding carboxylic acids is 1. The van der Waals surface area contributed by atoms with Crippen molar-refractivity contribution in [2.75, 3.05) is 0 Å². The first kappa shape index (κ1) is 11.3. The molecule has 2 aromatic rings. The highest BCUT2D eigenvalue weighted by molar-refractivity contribution is 6.03. The SMILES string of the molecule is O=Cc1ccc2c(c1)C=C2c1ccc([N+](=O)[O-])cc1. The number of rotatable bonds is 3. The lowest BCUT2D eigenvalue weighted by Gasteiger charge is -2.20. The third-order valence-electron chi connectivity index (χ3n) is 3.19. The fourth-order valence-corrected chi connectivity index (χ4v) is 2.18. The number of benzene rings is 2. The Morgan fingerprint density at radius 2 is 1.79 bits per heavy atom. The first-order chi connectivity index (χ1) is 9.19. The minimum atomic E-state index is -0.413. The number of non-ortho nitro benzene ring substituents is 1. The van der Waals surface area contributed by atoms with E-state index in [4.69, 9.17) is 0 Å². The van der Waals surface area contributed by atoms with E-state index in [0.29, 0.717) is 5.56 Å². The molecule has 92 valence electrons. The third-order valence-corrected chi connectivity index (χ3v) is 3.19. The van der Waals surface area contributed by atoms with Gasteiger partial charge >= 0.3 is 0 Å². The van der Waals surface area contributed by atoms with Crippen LogP contribution in [0.15, 0.2) is 42.5 Å². The van der Waals surface area contributed by atoms with Crippen molar-refractivity contribution >= 4 is 23.6 Å². The van der Waals surface area contributed by atoms with Gasteiger partial charge in [-0.05, 0) is 46.5 Å². The van der Waals surface area contributed by atoms with Gasteiger partial charge in [0.2, 0.25) is 0 Å². The van der Waals surface area contributed by atoms with Gasteiger partial charge in [-0.1, -0.05) is 12.1 Å². The van der Waals surface area contributed by atoms with E-state index in [1.807, 2.05) is 18.2 Å². The lowest BCUT2D eigenvalue weighted by atomic mass is 9.83. The predicted octanol–water partition coefficient (Wildman–Crippen LogP) is 3.31. The molecule has 0 fully saturated rings. The van der Waals surface area contributed by atoms with Gasteiger partial charge in [0.15, 0.2) is 0 Å². The van der Waals surface area contributed by atoms with E-state index < -0.39 is 4.92 Å². The highest BCUT2D eigenvalue weighted by atomic mass is 16.6. The van der Waals surface area contributed by atoms with Crippen molar-refractivity contribution in [2.45, 2.75) is 0 Å². The predicted molar refractivity (Wildman–Crippen MR) is 71.9 cm³/mol. The molecule has 0 aliphatic heterocycles. The number of carbonyl (C=O) groups is 1. The molecule has 0 saturated carbocycles. The Bertz CT molecular complexity index is 715. The van der Waals surface area contributed by atoms with E-state index in [9.17, 15) is 14.9 Å². The van der Waals surface area contributed by atoms with Crippen LogP contribution < -0.4 is 0 Å². The van der Waals surface area contributed by atoms with E-state index in [-0.39, 0.29) is 5.69 Å². The zero-order chi connectivity index (χ0) is 13.4. The standard InChI is InChI=1S/C15H9NO3/c17-9-10-1-6-14-12(7-10)8-15(14)11-2-4-13(5-3-11)16(18)19/h1-9H. The van der Waals surface area contributed by atoms with E-state index in [1.54, 1.807) is 18.2 Å². The van der Waals surface area contributed by atoms with Gasteiger partial charge in [0.05, 0.1) is 4.92 Å². The number of aldehydes is 1. The summed E-state index contributed by atoms with van der Waals surface area (Å²) in [6.45, 7) is 0. The Morgan fingerprint density at radius 1 is 1.05 bits per heavy atom. The maximum atomic E-state index is 10.7. The number of nitrogens with zero attached hydrogens (tertiary/aromatic N) is 1. The minimum Gasteiger partial charge on any atom is -0.298 e. The molecule has 19 heavy (non-hydrogen) atoms. The number of fused-ring (bicyclic) bond motifs is 1. The summed E-state index contributed by atoms with van der Waals surface area (Å²) < 4.78 is 0. The summed E-state index contributed by atoms with van der Waals surface area (Å²) in [7, 11) is 0. The van der Waals surface area contributed by atoms with Crippen LogP contribution in [-0.4, -0.2) is 11.2 Å². The molecule has 0 N–H and O–H groups in total. The van der Waals surface area contributed by atoms with Crippen LogP contribution in [0.4, 0.5) is 5.69 Å². The summed E-state index contributed by atoms with van der Waals surface area (Å²) in [5, 5.41) is 10.6. The zero-order valence-electron chi connectivity index (χ0n) is 9.87. The third kappa shape index (κ3) is 1.83. The molecule has 0 unspecified atom stereocenters. The monoisotopic (exact) mass is 251 g/mol. The summed E-state index contributed by atoms with van der Waals surface area (Å²) in [4.78, 5) is 20.8. The van der Waals surface area contributed by atoms with Gasteiger partial charge < -0.3 is 0 Å². The van der Waals surface area contributed by atoms with Gasteiger partial charge in [0.1, 0.15) is 6.29 Å². The summed E-state index contributed by atoms with van der Waals surface area (Å²) >= 11 is 0. The van der Waals surface area contributed by atoms with Crippen LogP contribution in [0.3, 0.4) is 0 Å². The molecule has 3 rings (SSSR count). The van der Waals surface area contributed by atoms with Gasteiger partial charge in [0.25, 0.3) is 5.69 Å². The minimum absolute atomic E-state index is 0.0835. The van der Waals surface area contributed by atoms with E-state index in [1.165, 1.54) is 12.1 Å². The normalized spacial score (nSPS) is 12.1. The van der Waals surface area contributed by atoms with Crippen LogP contribution in [0, 0.1) is 10.1 Å². The van der Waals surface area contributed by atoms with Gasteiger partial charge in [-0.15, -0.1) is 0 Å². The van der Waals surface area contributed by atoms with E-state index in [2.05, 4.69) is 0 Å². The first-order valence-electron chi connectivity index (χ1n) is 5.75. The highest BCUT2D eigenvalue weighted by Crippen LogP contribution is 2.38. The fraction of sp³-hybridized carbons (Fsp3) is 0. The first-order valence-corrected chi connectivity index (χ1v) is 5.75. The van der Waals surface area contributed by atoms with Crippen molar-refractivity contribution in [3.63, 3.8) is 0 Å². The van der Waals surface area contributed by atoms with Crippen molar-refractivity contribution in [1.82, 2.24) is 0 Å². The van der Waals surface area contributed by atoms with Crippen LogP contribution in [0.1, 0.15) is 27.0 Å². The average molecular weight is 251 g/mol. The van der Waals surface area contributed by atoms with Gasteiger partial charge in [0, 0.05) is 17.7 Å². The molecule has 0 atom stereocenters. The summed E-state index contributed by atoms with van der Waals surface area (Å²) in [6, 6.07) is 12.0. The number of nitro groups is 1. The van der Waals surface area contributed by atoms with Gasteiger partial charge in [-0.2, -0.15) is 0 Å². The topological polar surface area (TPSA) is 60.2 Å². The summed E-state index contributed by atoms with van der Waals surface area (Å²) in [5.41, 5.74) is 4.81. The second-order valence-corrected chi connectivity index (χ2v) is 4.33. The molecule has 0 aromatic heterocycles. The molecule has 0 radical (unpaired) electrons. The Hall–Kier alpha value is -2.75. The number of hydrogen-bond acceptors (Lipinski definition) is 3. The van der Waals surface area contributed by atoms with Crippen molar-refractivity contribution in [2.24, 2.45) is 0 Å². The lowest BCUT2D eigenvalue weighted by molar-refractivity contribution is -0.384. The Kier molecular flexibility index (Phi) is 2.49. The molecule has 2 aromatic carbocycles. The lowest BCUT2D eigenvalue weighted by Crippen LogP contribution is -2.01. The van der Waals surface area contributed by atoms with Gasteiger partial charge in [-0.25, -0.2) is 0 Å². The molecule has 0 amide bonds. The molecule has 0 spiro atoms. The second-order valence-electron chi connectivity index (χ2n) is 4.33. The summed E-state index contributed by atoms with van der Waals surface area (Å²) in [6.07, 6.45) is 2.79.